The fourth-order valence-corrected chi connectivity index (χ4v) is 3.00. The number of carboxylic acid groups (broad SMARTS) is 1. The number of benzene rings is 2. The van der Waals surface area contributed by atoms with Crippen LogP contribution in [0.1, 0.15) is 24.2 Å². The van der Waals surface area contributed by atoms with Gasteiger partial charge in [0, 0.05) is 19.3 Å². The molecule has 0 saturated carbocycles. The smallest absolute Gasteiger partial charge is 0.326 e. The number of aryl methyl sites for hydroxylation is 1. The van der Waals surface area contributed by atoms with E-state index in [1.807, 2.05) is 0 Å². The molecular formula is C21H21N3O5. The number of fused-ring (bicyclic) bond motifs is 1. The van der Waals surface area contributed by atoms with E-state index in [-0.39, 0.29) is 30.1 Å². The second-order valence-corrected chi connectivity index (χ2v) is 6.71. The van der Waals surface area contributed by atoms with Gasteiger partial charge in [0.2, 0.25) is 5.91 Å². The molecule has 1 atom stereocenters. The number of carboxylic acids is 1. The van der Waals surface area contributed by atoms with E-state index in [0.717, 1.165) is 0 Å². The summed E-state index contributed by atoms with van der Waals surface area (Å²) in [5, 5.41) is 21.7. The van der Waals surface area contributed by atoms with Crippen LogP contribution in [0.15, 0.2) is 53.3 Å². The third kappa shape index (κ3) is 5.41. The second-order valence-electron chi connectivity index (χ2n) is 6.71. The van der Waals surface area contributed by atoms with Crippen molar-refractivity contribution < 1.29 is 19.8 Å². The van der Waals surface area contributed by atoms with Crippen molar-refractivity contribution in [2.75, 3.05) is 0 Å². The first-order valence-electron chi connectivity index (χ1n) is 9.20. The van der Waals surface area contributed by atoms with E-state index in [2.05, 4.69) is 15.3 Å². The first-order chi connectivity index (χ1) is 13.9. The number of phenolic OH excluding ortho intramolecular Hbond substituents is 1. The zero-order valence-electron chi connectivity index (χ0n) is 15.6. The molecule has 1 amide bonds. The summed E-state index contributed by atoms with van der Waals surface area (Å²) in [4.78, 5) is 42.8. The monoisotopic (exact) mass is 395 g/mol. The molecule has 150 valence electrons. The van der Waals surface area contributed by atoms with Crippen LogP contribution >= 0.6 is 0 Å². The maximum atomic E-state index is 12.2. The minimum Gasteiger partial charge on any atom is -0.508 e. The molecule has 0 radical (unpaired) electrons. The van der Waals surface area contributed by atoms with E-state index in [4.69, 9.17) is 0 Å². The number of hydrogen-bond acceptors (Lipinski definition) is 5. The van der Waals surface area contributed by atoms with Crippen molar-refractivity contribution in [1.29, 1.82) is 0 Å². The number of rotatable bonds is 8. The second kappa shape index (κ2) is 9.01. The summed E-state index contributed by atoms with van der Waals surface area (Å²) in [7, 11) is 0. The van der Waals surface area contributed by atoms with E-state index >= 15 is 0 Å². The quantitative estimate of drug-likeness (QED) is 0.459. The SMILES string of the molecule is O=C(CCCc1nc2ccccc2c(=O)[nH]1)N[C@H](Cc1ccc(O)cc1)C(=O)O. The van der Waals surface area contributed by atoms with Crippen LogP contribution in [-0.2, 0) is 22.4 Å². The summed E-state index contributed by atoms with van der Waals surface area (Å²) in [6.07, 6.45) is 1.03. The number of carbonyl (C=O) groups excluding carboxylic acids is 1. The van der Waals surface area contributed by atoms with E-state index < -0.39 is 12.0 Å². The number of aliphatic carboxylic acids is 1. The molecule has 0 aliphatic rings. The van der Waals surface area contributed by atoms with Crippen molar-refractivity contribution in [3.8, 4) is 5.75 Å². The zero-order valence-corrected chi connectivity index (χ0v) is 15.6. The molecule has 1 aromatic heterocycles. The van der Waals surface area contributed by atoms with Crippen LogP contribution in [0.2, 0.25) is 0 Å². The first kappa shape index (κ1) is 20.1. The van der Waals surface area contributed by atoms with Crippen LogP contribution in [0.4, 0.5) is 0 Å². The molecule has 0 unspecified atom stereocenters. The van der Waals surface area contributed by atoms with Gasteiger partial charge in [-0.2, -0.15) is 0 Å². The van der Waals surface area contributed by atoms with Gasteiger partial charge in [-0.15, -0.1) is 0 Å². The molecule has 4 N–H and O–H groups in total. The summed E-state index contributed by atoms with van der Waals surface area (Å²) in [6.45, 7) is 0. The fraction of sp³-hybridized carbons (Fsp3) is 0.238. The van der Waals surface area contributed by atoms with Crippen molar-refractivity contribution in [3.63, 3.8) is 0 Å². The number of nitrogens with one attached hydrogen (secondary N) is 2. The Morgan fingerprint density at radius 2 is 1.83 bits per heavy atom. The van der Waals surface area contributed by atoms with E-state index in [0.29, 0.717) is 35.1 Å². The largest absolute Gasteiger partial charge is 0.508 e. The Morgan fingerprint density at radius 1 is 1.10 bits per heavy atom. The first-order valence-corrected chi connectivity index (χ1v) is 9.20. The number of amides is 1. The molecule has 3 rings (SSSR count). The number of aromatic hydroxyl groups is 1. The number of aromatic amines is 1. The zero-order chi connectivity index (χ0) is 20.8. The lowest BCUT2D eigenvalue weighted by molar-refractivity contribution is -0.141. The molecule has 0 aliphatic carbocycles. The predicted molar refractivity (Wildman–Crippen MR) is 107 cm³/mol. The highest BCUT2D eigenvalue weighted by Gasteiger charge is 2.20. The van der Waals surface area contributed by atoms with Crippen molar-refractivity contribution in [2.45, 2.75) is 31.7 Å². The van der Waals surface area contributed by atoms with Gasteiger partial charge >= 0.3 is 5.97 Å². The van der Waals surface area contributed by atoms with Crippen molar-refractivity contribution in [3.05, 3.63) is 70.3 Å². The third-order valence-electron chi connectivity index (χ3n) is 4.49. The van der Waals surface area contributed by atoms with Crippen molar-refractivity contribution in [2.24, 2.45) is 0 Å². The Bertz CT molecular complexity index is 1080. The molecule has 3 aromatic rings. The van der Waals surface area contributed by atoms with Gasteiger partial charge in [0.05, 0.1) is 10.9 Å². The van der Waals surface area contributed by atoms with Gasteiger partial charge < -0.3 is 20.5 Å². The number of aromatic nitrogens is 2. The number of para-hydroxylation sites is 1. The minimum absolute atomic E-state index is 0.0880. The predicted octanol–water partition coefficient (Wildman–Crippen LogP) is 1.76. The molecule has 29 heavy (non-hydrogen) atoms. The van der Waals surface area contributed by atoms with Crippen LogP contribution < -0.4 is 10.9 Å². The molecule has 0 fully saturated rings. The Morgan fingerprint density at radius 3 is 2.55 bits per heavy atom. The Kier molecular flexibility index (Phi) is 6.23. The summed E-state index contributed by atoms with van der Waals surface area (Å²) >= 11 is 0. The van der Waals surface area contributed by atoms with Crippen LogP contribution in [0.3, 0.4) is 0 Å². The van der Waals surface area contributed by atoms with Gasteiger partial charge in [-0.1, -0.05) is 24.3 Å². The highest BCUT2D eigenvalue weighted by molar-refractivity contribution is 5.83. The van der Waals surface area contributed by atoms with Gasteiger partial charge in [0.25, 0.3) is 5.56 Å². The molecule has 0 spiro atoms. The van der Waals surface area contributed by atoms with E-state index in [1.165, 1.54) is 12.1 Å². The Balaban J connectivity index is 1.55. The van der Waals surface area contributed by atoms with Gasteiger partial charge in [-0.25, -0.2) is 9.78 Å². The molecule has 8 nitrogen and oxygen atoms in total. The normalized spacial score (nSPS) is 11.9. The standard InChI is InChI=1S/C21H21N3O5/c25-14-10-8-13(9-11-14)12-17(21(28)29)23-19(26)7-3-6-18-22-16-5-2-1-4-15(16)20(27)24-18/h1-2,4-5,8-11,17,25H,3,6-7,12H2,(H,23,26)(H,28,29)(H,22,24,27)/t17-/m1/s1. The lowest BCUT2D eigenvalue weighted by Gasteiger charge is -2.14. The lowest BCUT2D eigenvalue weighted by Crippen LogP contribution is -2.42. The highest BCUT2D eigenvalue weighted by atomic mass is 16.4. The lowest BCUT2D eigenvalue weighted by atomic mass is 10.1. The Labute approximate surface area is 166 Å². The number of phenols is 1. The maximum Gasteiger partial charge on any atom is 0.326 e. The summed E-state index contributed by atoms with van der Waals surface area (Å²) < 4.78 is 0. The van der Waals surface area contributed by atoms with Gasteiger partial charge in [-0.05, 0) is 36.2 Å². The van der Waals surface area contributed by atoms with Crippen LogP contribution in [0.5, 0.6) is 5.75 Å². The number of carbonyl (C=O) groups is 2. The Hall–Kier alpha value is -3.68. The molecule has 0 aliphatic heterocycles. The van der Waals surface area contributed by atoms with E-state index in [9.17, 15) is 24.6 Å². The molecule has 0 bridgehead atoms. The summed E-state index contributed by atoms with van der Waals surface area (Å²) in [5.74, 6) is -0.948. The average Bonchev–Trinajstić information content (AvgIpc) is 2.69. The maximum absolute atomic E-state index is 12.2. The number of hydrogen-bond donors (Lipinski definition) is 4. The van der Waals surface area contributed by atoms with E-state index in [1.54, 1.807) is 36.4 Å². The topological polar surface area (TPSA) is 132 Å². The molecule has 0 saturated heterocycles. The molecule has 2 aromatic carbocycles. The van der Waals surface area contributed by atoms with Crippen LogP contribution in [0.25, 0.3) is 10.9 Å². The van der Waals surface area contributed by atoms with Gasteiger partial charge in [0.1, 0.15) is 17.6 Å². The number of nitrogens with zero attached hydrogens (tertiary/aromatic N) is 1. The van der Waals surface area contributed by atoms with Crippen molar-refractivity contribution in [1.82, 2.24) is 15.3 Å². The minimum atomic E-state index is -1.13. The average molecular weight is 395 g/mol. The van der Waals surface area contributed by atoms with Crippen LogP contribution in [-0.4, -0.2) is 38.1 Å². The van der Waals surface area contributed by atoms with Crippen LogP contribution in [0, 0.1) is 0 Å². The van der Waals surface area contributed by atoms with Gasteiger partial charge in [-0.3, -0.25) is 9.59 Å². The molecular weight excluding hydrogens is 374 g/mol. The van der Waals surface area contributed by atoms with Crippen molar-refractivity contribution >= 4 is 22.8 Å². The highest BCUT2D eigenvalue weighted by Crippen LogP contribution is 2.12. The van der Waals surface area contributed by atoms with Gasteiger partial charge in [0.15, 0.2) is 0 Å². The molecule has 1 heterocycles. The third-order valence-corrected chi connectivity index (χ3v) is 4.49. The number of H-pyrrole nitrogens is 1. The molecule has 8 heteroatoms. The summed E-state index contributed by atoms with van der Waals surface area (Å²) in [6, 6.07) is 12.1. The summed E-state index contributed by atoms with van der Waals surface area (Å²) in [5.41, 5.74) is 1.05. The fourth-order valence-electron chi connectivity index (χ4n) is 3.00.